The van der Waals surface area contributed by atoms with Crippen LogP contribution in [-0.4, -0.2) is 5.38 Å². The zero-order valence-corrected chi connectivity index (χ0v) is 10.1. The molecule has 0 saturated heterocycles. The molecular weight excluding hydrogens is 192 g/mol. The number of aryl methyl sites for hydroxylation is 3. The van der Waals surface area contributed by atoms with E-state index in [-0.39, 0.29) is 0 Å². The van der Waals surface area contributed by atoms with E-state index < -0.39 is 0 Å². The van der Waals surface area contributed by atoms with Crippen LogP contribution in [0.25, 0.3) is 0 Å². The highest BCUT2D eigenvalue weighted by Gasteiger charge is 2.03. The first-order valence-corrected chi connectivity index (χ1v) is 5.77. The van der Waals surface area contributed by atoms with Gasteiger partial charge < -0.3 is 0 Å². The van der Waals surface area contributed by atoms with E-state index in [1.165, 1.54) is 16.7 Å². The average Bonchev–Trinajstić information content (AvgIpc) is 2.16. The fourth-order valence-corrected chi connectivity index (χ4v) is 1.75. The summed E-state index contributed by atoms with van der Waals surface area (Å²) in [6, 6.07) is 6.64. The van der Waals surface area contributed by atoms with Crippen LogP contribution < -0.4 is 0 Å². The molecule has 1 rings (SSSR count). The van der Waals surface area contributed by atoms with Gasteiger partial charge in [0.25, 0.3) is 0 Å². The molecule has 1 unspecified atom stereocenters. The third-order valence-corrected chi connectivity index (χ3v) is 3.19. The Balaban J connectivity index is 2.59. The van der Waals surface area contributed by atoms with Crippen LogP contribution >= 0.6 is 11.6 Å². The normalized spacial score (nSPS) is 12.9. The maximum absolute atomic E-state index is 6.10. The van der Waals surface area contributed by atoms with Crippen molar-refractivity contribution in [3.05, 3.63) is 34.9 Å². The standard InChI is InChI=1S/C13H19Cl/c1-4-13(14)8-7-12-6-5-10(2)9-11(12)3/h5-6,9,13H,4,7-8H2,1-3H3. The molecule has 0 radical (unpaired) electrons. The lowest BCUT2D eigenvalue weighted by molar-refractivity contribution is 0.724. The first-order valence-electron chi connectivity index (χ1n) is 5.33. The predicted molar refractivity (Wildman–Crippen MR) is 64.2 cm³/mol. The maximum Gasteiger partial charge on any atom is 0.0336 e. The highest BCUT2D eigenvalue weighted by molar-refractivity contribution is 6.20. The smallest absolute Gasteiger partial charge is 0.0336 e. The molecule has 0 spiro atoms. The van der Waals surface area contributed by atoms with Crippen molar-refractivity contribution in [2.45, 2.75) is 45.4 Å². The average molecular weight is 211 g/mol. The molecule has 0 fully saturated rings. The largest absolute Gasteiger partial charge is 0.123 e. The minimum absolute atomic E-state index is 0.329. The summed E-state index contributed by atoms with van der Waals surface area (Å²) in [6.07, 6.45) is 3.25. The van der Waals surface area contributed by atoms with E-state index >= 15 is 0 Å². The molecule has 1 aromatic rings. The van der Waals surface area contributed by atoms with Gasteiger partial charge in [0, 0.05) is 5.38 Å². The molecule has 0 aliphatic rings. The van der Waals surface area contributed by atoms with Crippen LogP contribution in [0.1, 0.15) is 36.5 Å². The topological polar surface area (TPSA) is 0 Å². The lowest BCUT2D eigenvalue weighted by atomic mass is 10.0. The molecule has 0 heterocycles. The minimum Gasteiger partial charge on any atom is -0.123 e. The van der Waals surface area contributed by atoms with Gasteiger partial charge in [0.1, 0.15) is 0 Å². The van der Waals surface area contributed by atoms with E-state index in [0.29, 0.717) is 5.38 Å². The van der Waals surface area contributed by atoms with Crippen molar-refractivity contribution in [3.8, 4) is 0 Å². The highest BCUT2D eigenvalue weighted by atomic mass is 35.5. The second-order valence-corrected chi connectivity index (χ2v) is 4.59. The molecule has 0 nitrogen and oxygen atoms in total. The minimum atomic E-state index is 0.329. The third-order valence-electron chi connectivity index (χ3n) is 2.67. The highest BCUT2D eigenvalue weighted by Crippen LogP contribution is 2.16. The SMILES string of the molecule is CCC(Cl)CCc1ccc(C)cc1C. The van der Waals surface area contributed by atoms with Gasteiger partial charge in [-0.1, -0.05) is 30.7 Å². The molecule has 1 atom stereocenters. The second-order valence-electron chi connectivity index (χ2n) is 3.97. The van der Waals surface area contributed by atoms with Gasteiger partial charge in [-0.15, -0.1) is 11.6 Å². The number of benzene rings is 1. The van der Waals surface area contributed by atoms with Crippen molar-refractivity contribution in [3.63, 3.8) is 0 Å². The second kappa shape index (κ2) is 5.41. The van der Waals surface area contributed by atoms with Gasteiger partial charge in [0.2, 0.25) is 0 Å². The molecule has 0 aromatic heterocycles. The zero-order valence-electron chi connectivity index (χ0n) is 9.31. The molecule has 0 aliphatic heterocycles. The molecule has 0 bridgehead atoms. The summed E-state index contributed by atoms with van der Waals surface area (Å²) in [5, 5.41) is 0.329. The van der Waals surface area contributed by atoms with Gasteiger partial charge in [-0.25, -0.2) is 0 Å². The van der Waals surface area contributed by atoms with Crippen molar-refractivity contribution >= 4 is 11.6 Å². The lowest BCUT2D eigenvalue weighted by Crippen LogP contribution is -2.00. The summed E-state index contributed by atoms with van der Waals surface area (Å²) in [4.78, 5) is 0. The van der Waals surface area contributed by atoms with Crippen LogP contribution in [0.15, 0.2) is 18.2 Å². The first kappa shape index (κ1) is 11.6. The van der Waals surface area contributed by atoms with Gasteiger partial charge in [0.15, 0.2) is 0 Å². The molecule has 0 N–H and O–H groups in total. The van der Waals surface area contributed by atoms with Gasteiger partial charge >= 0.3 is 0 Å². The lowest BCUT2D eigenvalue weighted by Gasteiger charge is -2.09. The first-order chi connectivity index (χ1) is 6.63. The molecule has 1 aromatic carbocycles. The number of hydrogen-bond acceptors (Lipinski definition) is 0. The number of halogens is 1. The molecule has 78 valence electrons. The summed E-state index contributed by atoms with van der Waals surface area (Å²) in [5.74, 6) is 0. The van der Waals surface area contributed by atoms with E-state index in [1.54, 1.807) is 0 Å². The Bertz CT molecular complexity index is 291. The Morgan fingerprint density at radius 2 is 2.00 bits per heavy atom. The maximum atomic E-state index is 6.10. The Kier molecular flexibility index (Phi) is 4.47. The predicted octanol–water partition coefficient (Wildman–Crippen LogP) is 4.25. The van der Waals surface area contributed by atoms with Crippen molar-refractivity contribution < 1.29 is 0 Å². The number of alkyl halides is 1. The fourth-order valence-electron chi connectivity index (χ4n) is 1.64. The molecule has 0 aliphatic carbocycles. The summed E-state index contributed by atoms with van der Waals surface area (Å²) < 4.78 is 0. The van der Waals surface area contributed by atoms with E-state index in [2.05, 4.69) is 39.0 Å². The molecule has 0 saturated carbocycles. The zero-order chi connectivity index (χ0) is 10.6. The van der Waals surface area contributed by atoms with E-state index in [0.717, 1.165) is 19.3 Å². The van der Waals surface area contributed by atoms with Gasteiger partial charge in [-0.2, -0.15) is 0 Å². The molecule has 1 heteroatoms. The third kappa shape index (κ3) is 3.34. The van der Waals surface area contributed by atoms with Crippen LogP contribution in [0, 0.1) is 13.8 Å². The van der Waals surface area contributed by atoms with Crippen molar-refractivity contribution in [2.75, 3.05) is 0 Å². The van der Waals surface area contributed by atoms with Crippen LogP contribution in [0.3, 0.4) is 0 Å². The molecule has 0 amide bonds. The Labute approximate surface area is 92.3 Å². The summed E-state index contributed by atoms with van der Waals surface area (Å²) >= 11 is 6.10. The Hall–Kier alpha value is -0.490. The molecule has 14 heavy (non-hydrogen) atoms. The summed E-state index contributed by atoms with van der Waals surface area (Å²) in [7, 11) is 0. The monoisotopic (exact) mass is 210 g/mol. The van der Waals surface area contributed by atoms with E-state index in [1.807, 2.05) is 0 Å². The van der Waals surface area contributed by atoms with Crippen molar-refractivity contribution in [1.82, 2.24) is 0 Å². The Morgan fingerprint density at radius 3 is 2.57 bits per heavy atom. The number of rotatable bonds is 4. The summed E-state index contributed by atoms with van der Waals surface area (Å²) in [5.41, 5.74) is 4.17. The van der Waals surface area contributed by atoms with Crippen molar-refractivity contribution in [2.24, 2.45) is 0 Å². The summed E-state index contributed by atoms with van der Waals surface area (Å²) in [6.45, 7) is 6.45. The molecular formula is C13H19Cl. The Morgan fingerprint density at radius 1 is 1.29 bits per heavy atom. The van der Waals surface area contributed by atoms with E-state index in [9.17, 15) is 0 Å². The number of hydrogen-bond donors (Lipinski definition) is 0. The van der Waals surface area contributed by atoms with Gasteiger partial charge in [0.05, 0.1) is 0 Å². The van der Waals surface area contributed by atoms with E-state index in [4.69, 9.17) is 11.6 Å². The van der Waals surface area contributed by atoms with Gasteiger partial charge in [-0.05, 0) is 44.2 Å². The van der Waals surface area contributed by atoms with Crippen LogP contribution in [0.4, 0.5) is 0 Å². The van der Waals surface area contributed by atoms with Crippen LogP contribution in [0.2, 0.25) is 0 Å². The fraction of sp³-hybridized carbons (Fsp3) is 0.538. The quantitative estimate of drug-likeness (QED) is 0.652. The van der Waals surface area contributed by atoms with Crippen LogP contribution in [-0.2, 0) is 6.42 Å². The van der Waals surface area contributed by atoms with Gasteiger partial charge in [-0.3, -0.25) is 0 Å². The van der Waals surface area contributed by atoms with Crippen molar-refractivity contribution in [1.29, 1.82) is 0 Å². The van der Waals surface area contributed by atoms with Crippen LogP contribution in [0.5, 0.6) is 0 Å².